The molecule has 1 saturated carbocycles. The van der Waals surface area contributed by atoms with Crippen molar-refractivity contribution in [3.8, 4) is 0 Å². The number of piperidine rings is 1. The predicted molar refractivity (Wildman–Crippen MR) is 190 cm³/mol. The fourth-order valence-electron chi connectivity index (χ4n) is 7.69. The van der Waals surface area contributed by atoms with Crippen molar-refractivity contribution in [1.82, 2.24) is 14.7 Å². The number of rotatable bonds is 11. The van der Waals surface area contributed by atoms with Crippen LogP contribution in [0.15, 0.2) is 47.1 Å². The van der Waals surface area contributed by atoms with Crippen LogP contribution >= 0.6 is 23.2 Å². The van der Waals surface area contributed by atoms with Crippen LogP contribution in [0.5, 0.6) is 0 Å². The zero-order chi connectivity index (χ0) is 35.6. The largest absolute Gasteiger partial charge is 0.481 e. The number of fused-ring (bicyclic) bond motifs is 1. The Hall–Kier alpha value is -3.48. The SMILES string of the molecule is CN(C)C(=O)C1CCN(C(OC2CCC(C(=O)O)CC2)(C(=O)Cc2cc(Cl)c(NC(=O)c3coc4ccccc34)cc2Cl)N2CCCC2)CC1. The smallest absolute Gasteiger partial charge is 0.306 e. The molecule has 1 unspecified atom stereocenters. The number of Topliss-reactive ketones (excluding diaryl/α,β-unsaturated/α-hetero) is 1. The number of carbonyl (C=O) groups excluding carboxylic acids is 3. The van der Waals surface area contributed by atoms with Gasteiger partial charge in [-0.1, -0.05) is 41.4 Å². The maximum absolute atomic E-state index is 14.9. The molecule has 0 radical (unpaired) electrons. The van der Waals surface area contributed by atoms with Crippen molar-refractivity contribution < 1.29 is 33.4 Å². The van der Waals surface area contributed by atoms with Gasteiger partial charge in [-0.15, -0.1) is 0 Å². The topological polar surface area (TPSA) is 133 Å². The number of anilines is 1. The first kappa shape index (κ1) is 36.3. The number of ether oxygens (including phenoxy) is 1. The van der Waals surface area contributed by atoms with Gasteiger partial charge in [-0.25, -0.2) is 0 Å². The van der Waals surface area contributed by atoms with Crippen molar-refractivity contribution >= 4 is 63.4 Å². The third kappa shape index (κ3) is 7.43. The molecular formula is C37H44Cl2N4O7. The third-order valence-electron chi connectivity index (χ3n) is 10.4. The van der Waals surface area contributed by atoms with Crippen LogP contribution in [0, 0.1) is 11.8 Å². The predicted octanol–water partition coefficient (Wildman–Crippen LogP) is 6.31. The van der Waals surface area contributed by atoms with Gasteiger partial charge in [-0.2, -0.15) is 0 Å². The van der Waals surface area contributed by atoms with Crippen LogP contribution in [-0.4, -0.2) is 95.6 Å². The van der Waals surface area contributed by atoms with E-state index in [2.05, 4.69) is 15.1 Å². The summed E-state index contributed by atoms with van der Waals surface area (Å²) in [4.78, 5) is 58.5. The van der Waals surface area contributed by atoms with Gasteiger partial charge in [-0.05, 0) is 75.1 Å². The number of carboxylic acid groups (broad SMARTS) is 1. The highest BCUT2D eigenvalue weighted by atomic mass is 35.5. The van der Waals surface area contributed by atoms with Crippen molar-refractivity contribution in [2.24, 2.45) is 11.8 Å². The standard InChI is InChI=1S/C37H44Cl2N4O7/c1-41(2)35(46)23-13-17-43(18-14-23)37(42-15-5-6-16-42,50-26-11-9-24(10-12-26)36(47)48)33(44)20-25-19-30(39)31(21-29(25)38)40-34(45)28-22-49-32-8-4-3-7-27(28)32/h3-4,7-8,19,21-24,26H,5-6,9-18,20H2,1-2H3,(H,40,45)(H,47,48). The van der Waals surface area contributed by atoms with Crippen molar-refractivity contribution in [1.29, 1.82) is 0 Å². The van der Waals surface area contributed by atoms with Gasteiger partial charge in [-0.3, -0.25) is 29.0 Å². The summed E-state index contributed by atoms with van der Waals surface area (Å²) < 4.78 is 12.5. The second-order valence-corrected chi connectivity index (χ2v) is 14.7. The molecule has 3 heterocycles. The summed E-state index contributed by atoms with van der Waals surface area (Å²) in [7, 11) is 3.52. The average Bonchev–Trinajstić information content (AvgIpc) is 3.81. The highest BCUT2D eigenvalue weighted by Gasteiger charge is 2.53. The first-order valence-corrected chi connectivity index (χ1v) is 18.1. The Labute approximate surface area is 301 Å². The Balaban J connectivity index is 1.27. The monoisotopic (exact) mass is 726 g/mol. The number of halogens is 2. The minimum atomic E-state index is -1.42. The third-order valence-corrected chi connectivity index (χ3v) is 11.1. The van der Waals surface area contributed by atoms with Gasteiger partial charge >= 0.3 is 5.97 Å². The molecule has 2 saturated heterocycles. The van der Waals surface area contributed by atoms with E-state index in [-0.39, 0.29) is 40.2 Å². The number of para-hydroxylation sites is 1. The van der Waals surface area contributed by atoms with Crippen molar-refractivity contribution in [2.75, 3.05) is 45.6 Å². The van der Waals surface area contributed by atoms with E-state index in [1.54, 1.807) is 43.3 Å². The lowest BCUT2D eigenvalue weighted by molar-refractivity contribution is -0.260. The van der Waals surface area contributed by atoms with E-state index >= 15 is 0 Å². The number of amides is 2. The second kappa shape index (κ2) is 15.4. The molecule has 3 aliphatic rings. The molecule has 1 atom stereocenters. The Kier molecular flexibility index (Phi) is 11.2. The number of hydrogen-bond donors (Lipinski definition) is 2. The number of nitrogens with zero attached hydrogens (tertiary/aromatic N) is 3. The molecule has 13 heteroatoms. The lowest BCUT2D eigenvalue weighted by atomic mass is 9.87. The number of benzene rings is 2. The summed E-state index contributed by atoms with van der Waals surface area (Å²) in [5.41, 5.74) is 1.73. The fourth-order valence-corrected chi connectivity index (χ4v) is 8.16. The minimum Gasteiger partial charge on any atom is -0.481 e. The van der Waals surface area contributed by atoms with Gasteiger partial charge in [0.1, 0.15) is 11.8 Å². The van der Waals surface area contributed by atoms with E-state index in [1.807, 2.05) is 12.1 Å². The number of ketones is 1. The van der Waals surface area contributed by atoms with E-state index in [1.165, 1.54) is 6.26 Å². The number of aliphatic carboxylic acids is 1. The molecule has 0 bridgehead atoms. The first-order valence-electron chi connectivity index (χ1n) is 17.4. The summed E-state index contributed by atoms with van der Waals surface area (Å²) in [5, 5.41) is 13.6. The Morgan fingerprint density at radius 1 is 0.920 bits per heavy atom. The summed E-state index contributed by atoms with van der Waals surface area (Å²) in [6, 6.07) is 10.4. The highest BCUT2D eigenvalue weighted by Crippen LogP contribution is 2.39. The van der Waals surface area contributed by atoms with Crippen molar-refractivity contribution in [3.63, 3.8) is 0 Å². The average molecular weight is 728 g/mol. The van der Waals surface area contributed by atoms with Crippen molar-refractivity contribution in [2.45, 2.75) is 69.7 Å². The van der Waals surface area contributed by atoms with Gasteiger partial charge < -0.3 is 24.5 Å². The number of carboxylic acids is 1. The molecule has 11 nitrogen and oxygen atoms in total. The molecule has 3 fully saturated rings. The Bertz CT molecular complexity index is 1740. The Morgan fingerprint density at radius 2 is 1.58 bits per heavy atom. The first-order chi connectivity index (χ1) is 24.0. The zero-order valence-corrected chi connectivity index (χ0v) is 30.0. The van der Waals surface area contributed by atoms with Crippen LogP contribution in [0.25, 0.3) is 11.0 Å². The molecule has 2 aliphatic heterocycles. The lowest BCUT2D eigenvalue weighted by Gasteiger charge is -2.51. The summed E-state index contributed by atoms with van der Waals surface area (Å²) >= 11 is 13.5. The number of carbonyl (C=O) groups is 4. The zero-order valence-electron chi connectivity index (χ0n) is 28.5. The molecule has 50 heavy (non-hydrogen) atoms. The molecule has 3 aromatic rings. The maximum Gasteiger partial charge on any atom is 0.306 e. The number of nitrogens with one attached hydrogen (secondary N) is 1. The van der Waals surface area contributed by atoms with Gasteiger partial charge in [0.15, 0.2) is 5.78 Å². The van der Waals surface area contributed by atoms with Crippen LogP contribution in [0.3, 0.4) is 0 Å². The van der Waals surface area contributed by atoms with Crippen LogP contribution < -0.4 is 5.32 Å². The molecule has 1 aliphatic carbocycles. The van der Waals surface area contributed by atoms with E-state index in [0.717, 1.165) is 12.8 Å². The van der Waals surface area contributed by atoms with Crippen LogP contribution in [0.4, 0.5) is 5.69 Å². The quantitative estimate of drug-likeness (QED) is 0.233. The molecule has 6 rings (SSSR count). The van der Waals surface area contributed by atoms with E-state index in [9.17, 15) is 24.3 Å². The molecule has 2 N–H and O–H groups in total. The molecule has 1 aromatic heterocycles. The van der Waals surface area contributed by atoms with Crippen molar-refractivity contribution in [3.05, 3.63) is 63.8 Å². The van der Waals surface area contributed by atoms with Gasteiger partial charge in [0, 0.05) is 63.0 Å². The summed E-state index contributed by atoms with van der Waals surface area (Å²) in [6.07, 6.45) is 6.00. The lowest BCUT2D eigenvalue weighted by Crippen LogP contribution is -2.69. The number of likely N-dealkylation sites (tertiary alicyclic amines) is 2. The van der Waals surface area contributed by atoms with E-state index in [0.29, 0.717) is 92.5 Å². The highest BCUT2D eigenvalue weighted by molar-refractivity contribution is 6.36. The summed E-state index contributed by atoms with van der Waals surface area (Å²) in [6.45, 7) is 2.29. The van der Waals surface area contributed by atoms with Crippen LogP contribution in [-0.2, 0) is 25.5 Å². The maximum atomic E-state index is 14.9. The van der Waals surface area contributed by atoms with Gasteiger partial charge in [0.25, 0.3) is 5.91 Å². The molecule has 2 aromatic carbocycles. The minimum absolute atomic E-state index is 0.0743. The van der Waals surface area contributed by atoms with Gasteiger partial charge in [0.2, 0.25) is 11.8 Å². The van der Waals surface area contributed by atoms with Crippen LogP contribution in [0.1, 0.15) is 67.3 Å². The van der Waals surface area contributed by atoms with E-state index < -0.39 is 23.6 Å². The molecule has 2 amide bonds. The van der Waals surface area contributed by atoms with Gasteiger partial charge in [0.05, 0.1) is 28.3 Å². The molecule has 0 spiro atoms. The number of furan rings is 1. The number of hydrogen-bond acceptors (Lipinski definition) is 8. The van der Waals surface area contributed by atoms with Crippen LogP contribution in [0.2, 0.25) is 10.0 Å². The Morgan fingerprint density at radius 3 is 2.24 bits per heavy atom. The molecular weight excluding hydrogens is 683 g/mol. The summed E-state index contributed by atoms with van der Waals surface area (Å²) in [5.74, 6) is -3.33. The second-order valence-electron chi connectivity index (χ2n) is 13.8. The normalized spacial score (nSPS) is 21.9. The molecule has 268 valence electrons. The van der Waals surface area contributed by atoms with E-state index in [4.69, 9.17) is 32.4 Å². The fraction of sp³-hybridized carbons (Fsp3) is 0.514.